The molecule has 6 fully saturated rings. The number of hydrogen-bond donors (Lipinski definition) is 2. The number of amides is 4. The van der Waals surface area contributed by atoms with Crippen molar-refractivity contribution in [3.05, 3.63) is 84.2 Å². The molecule has 2 aromatic carbocycles. The van der Waals surface area contributed by atoms with E-state index in [1.54, 1.807) is 13.8 Å². The molecule has 4 aliphatic carbocycles. The van der Waals surface area contributed by atoms with Crippen LogP contribution in [0.15, 0.2) is 72.8 Å². The third kappa shape index (κ3) is 18.2. The Morgan fingerprint density at radius 2 is 0.898 bits per heavy atom. The Hall–Kier alpha value is -8.28. The van der Waals surface area contributed by atoms with Crippen LogP contribution in [0, 0.1) is 58.2 Å². The van der Waals surface area contributed by atoms with Crippen molar-refractivity contribution in [3.63, 3.8) is 0 Å². The van der Waals surface area contributed by atoms with E-state index in [-0.39, 0.29) is 75.3 Å². The fraction of sp³-hybridized carbons (Fsp3) is 0.659. The van der Waals surface area contributed by atoms with Gasteiger partial charge in [-0.15, -0.1) is 0 Å². The lowest BCUT2D eigenvalue weighted by Crippen LogP contribution is -2.49. The number of rotatable bonds is 18. The molecule has 0 bridgehead atoms. The van der Waals surface area contributed by atoms with Crippen LogP contribution in [0.5, 0.6) is 23.3 Å². The number of sulfonamides is 2. The molecule has 6 aliphatic heterocycles. The zero-order chi connectivity index (χ0) is 85.4. The van der Waals surface area contributed by atoms with Gasteiger partial charge in [-0.25, -0.2) is 44.4 Å². The minimum atomic E-state index is -4.01. The first-order chi connectivity index (χ1) is 55.3. The van der Waals surface area contributed by atoms with Crippen molar-refractivity contribution in [2.24, 2.45) is 58.2 Å². The van der Waals surface area contributed by atoms with Crippen LogP contribution in [0.4, 0.5) is 17.6 Å². The standard InChI is InChI=1S/2C44H57F2N3O9S/c2*1-26-12-7-8-13-28-23-44(28,40(53)48-59(54,55)42(5)17-18-42)24-35(50)34-21-29(57-38-31-15-10-9-14-30(31)37-33(47-38)16-11-19-56-37)25-49(34)39(52)32(27(2)20-26)22-36(51)58-41(3,4)43(6,45)46/h2*8-10,13-15,26-29,32,34H,7,11-12,16-25H2,1-6H3,(H,48,53)/b2*13-8-/t26-,27+,28+,29+,32-,34-,44+;26-,27-,28-,29-,32+,34+,44-/m01/s1. The van der Waals surface area contributed by atoms with Crippen molar-refractivity contribution < 1.29 is 101 Å². The second-order valence-electron chi connectivity index (χ2n) is 37.3. The van der Waals surface area contributed by atoms with Crippen LogP contribution in [0.2, 0.25) is 0 Å². The van der Waals surface area contributed by atoms with Gasteiger partial charge in [0, 0.05) is 61.1 Å². The smallest absolute Gasteiger partial charge is 0.307 e. The number of nitrogens with zero attached hydrogens (tertiary/aromatic N) is 4. The van der Waals surface area contributed by atoms with Crippen molar-refractivity contribution in [3.8, 4) is 23.3 Å². The summed E-state index contributed by atoms with van der Waals surface area (Å²) >= 11 is 0. The highest BCUT2D eigenvalue weighted by molar-refractivity contribution is 7.92. The number of halogens is 4. The van der Waals surface area contributed by atoms with Crippen molar-refractivity contribution in [2.45, 2.75) is 281 Å². The Morgan fingerprint density at radius 1 is 0.542 bits per heavy atom. The molecule has 14 atom stereocenters. The number of alkyl halides is 4. The van der Waals surface area contributed by atoms with Gasteiger partial charge in [-0.1, -0.05) is 88.4 Å². The summed E-state index contributed by atoms with van der Waals surface area (Å²) in [6, 6.07) is 12.9. The molecular formula is C88H114F4N6O18S2. The molecule has 0 spiro atoms. The third-order valence-corrected chi connectivity index (χ3v) is 31.5. The fourth-order valence-electron chi connectivity index (χ4n) is 17.9. The van der Waals surface area contributed by atoms with E-state index >= 15 is 0 Å². The van der Waals surface area contributed by atoms with Crippen LogP contribution in [-0.2, 0) is 80.7 Å². The highest BCUT2D eigenvalue weighted by Crippen LogP contribution is 2.60. The van der Waals surface area contributed by atoms with Gasteiger partial charge in [0.05, 0.1) is 94.8 Å². The van der Waals surface area contributed by atoms with E-state index < -0.39 is 171 Å². The first-order valence-electron chi connectivity index (χ1n) is 42.0. The van der Waals surface area contributed by atoms with Gasteiger partial charge in [0.25, 0.3) is 11.8 Å². The minimum Gasteiger partial charge on any atom is -0.491 e. The molecule has 644 valence electrons. The molecule has 24 nitrogen and oxygen atoms in total. The summed E-state index contributed by atoms with van der Waals surface area (Å²) in [5, 5.41) is 3.04. The number of carbonyl (C=O) groups is 8. The highest BCUT2D eigenvalue weighted by Gasteiger charge is 2.65. The molecule has 4 saturated carbocycles. The minimum absolute atomic E-state index is 0.0414. The predicted molar refractivity (Wildman–Crippen MR) is 430 cm³/mol. The summed E-state index contributed by atoms with van der Waals surface area (Å²) in [6.07, 6.45) is 13.6. The summed E-state index contributed by atoms with van der Waals surface area (Å²) in [6.45, 7) is 17.8. The number of allylic oxidation sites excluding steroid dienone is 4. The van der Waals surface area contributed by atoms with Crippen molar-refractivity contribution in [1.29, 1.82) is 0 Å². The summed E-state index contributed by atoms with van der Waals surface area (Å²) in [4.78, 5) is 127. The summed E-state index contributed by atoms with van der Waals surface area (Å²) in [5.74, 6) is -13.5. The number of ether oxygens (including phenoxy) is 6. The fourth-order valence-corrected chi connectivity index (χ4v) is 20.5. The van der Waals surface area contributed by atoms with Crippen LogP contribution in [-0.4, -0.2) is 167 Å². The van der Waals surface area contributed by atoms with E-state index in [1.807, 2.05) is 101 Å². The second-order valence-corrected chi connectivity index (χ2v) is 41.7. The zero-order valence-corrected chi connectivity index (χ0v) is 71.3. The number of nitrogens with one attached hydrogen (secondary N) is 2. The van der Waals surface area contributed by atoms with Crippen LogP contribution >= 0.6 is 0 Å². The van der Waals surface area contributed by atoms with E-state index in [0.717, 1.165) is 62.7 Å². The van der Waals surface area contributed by atoms with Crippen LogP contribution in [0.1, 0.15) is 223 Å². The van der Waals surface area contributed by atoms with Gasteiger partial charge in [0.2, 0.25) is 55.4 Å². The average Bonchev–Trinajstić information content (AvgIpc) is 1.57. The molecule has 4 amide bonds. The molecule has 2 aromatic heterocycles. The van der Waals surface area contributed by atoms with Gasteiger partial charge in [0.1, 0.15) is 23.7 Å². The van der Waals surface area contributed by atoms with Gasteiger partial charge < -0.3 is 38.2 Å². The van der Waals surface area contributed by atoms with Crippen molar-refractivity contribution >= 4 is 88.7 Å². The molecule has 0 radical (unpaired) electrons. The number of hydrogen-bond acceptors (Lipinski definition) is 20. The van der Waals surface area contributed by atoms with E-state index in [9.17, 15) is 72.8 Å². The number of aryl methyl sites for hydroxylation is 2. The van der Waals surface area contributed by atoms with E-state index in [1.165, 1.54) is 9.80 Å². The molecule has 14 rings (SSSR count). The Labute approximate surface area is 688 Å². The van der Waals surface area contributed by atoms with Gasteiger partial charge in [-0.3, -0.25) is 47.8 Å². The maximum atomic E-state index is 15.0. The van der Waals surface area contributed by atoms with Crippen molar-refractivity contribution in [2.75, 3.05) is 26.3 Å². The van der Waals surface area contributed by atoms with Gasteiger partial charge in [0.15, 0.2) is 22.8 Å². The van der Waals surface area contributed by atoms with Gasteiger partial charge >= 0.3 is 11.9 Å². The molecule has 4 aromatic rings. The lowest BCUT2D eigenvalue weighted by atomic mass is 9.82. The predicted octanol–water partition coefficient (Wildman–Crippen LogP) is 13.7. The topological polar surface area (TPSA) is 317 Å². The Kier molecular flexibility index (Phi) is 24.4. The summed E-state index contributed by atoms with van der Waals surface area (Å²) in [5.41, 5.74) is -5.48. The molecule has 118 heavy (non-hydrogen) atoms. The molecule has 0 unspecified atom stereocenters. The SMILES string of the molecule is C[C@@H]1CC/C=C\[C@@H]2C[C@@]2(C(=O)NS(=O)(=O)C2(C)CC2)CC(=O)[C@@H]2C[C@@H](Oc3nc4c(c5ccccc35)OCCC4)CN2C(=O)[C@@H](CC(=O)OC(C)(C)C(C)(F)F)[C@H](C)C1.C[C@H]1CC/C=C\[C@@H]2C[C@@]2(C(=O)NS(=O)(=O)C2(C)CC2)CC(=O)[C@@H]2C[C@@H](Oc3nc4c(c5ccccc35)OCCC4)CN2C(=O)[C@@H](CC(=O)OC(C)(C)C(C)(F)F)[C@H](C)C1. The Balaban J connectivity index is 0.000000205. The van der Waals surface area contributed by atoms with Gasteiger partial charge in [-0.05, 0) is 192 Å². The van der Waals surface area contributed by atoms with E-state index in [2.05, 4.69) is 9.44 Å². The molecule has 2 saturated heterocycles. The molecule has 8 heterocycles. The first-order valence-corrected chi connectivity index (χ1v) is 45.0. The molecule has 10 aliphatic rings. The third-order valence-electron chi connectivity index (χ3n) is 27.2. The Morgan fingerprint density at radius 3 is 1.25 bits per heavy atom. The molecule has 2 N–H and O–H groups in total. The van der Waals surface area contributed by atoms with E-state index in [0.29, 0.717) is 138 Å². The monoisotopic (exact) mass is 1680 g/mol. The lowest BCUT2D eigenvalue weighted by molar-refractivity contribution is -0.197. The number of Topliss-reactive ketones (excluding diaryl/α,β-unsaturated/α-hetero) is 2. The number of pyridine rings is 2. The quantitative estimate of drug-likeness (QED) is 0.0531. The van der Waals surface area contributed by atoms with Crippen LogP contribution in [0.25, 0.3) is 21.5 Å². The molecular weight excluding hydrogens is 1570 g/mol. The lowest BCUT2D eigenvalue weighted by Gasteiger charge is -2.34. The molecule has 30 heteroatoms. The number of aromatic nitrogens is 2. The van der Waals surface area contributed by atoms with Crippen molar-refractivity contribution in [1.82, 2.24) is 29.2 Å². The Bertz CT molecular complexity index is 4600. The maximum Gasteiger partial charge on any atom is 0.307 e. The zero-order valence-electron chi connectivity index (χ0n) is 69.7. The number of benzene rings is 2. The normalized spacial score (nSPS) is 30.4. The number of esters is 2. The average molecular weight is 1680 g/mol. The summed E-state index contributed by atoms with van der Waals surface area (Å²) in [7, 11) is -8.01. The van der Waals surface area contributed by atoms with Crippen LogP contribution < -0.4 is 28.4 Å². The number of carbonyl (C=O) groups excluding carboxylic acids is 8. The highest BCUT2D eigenvalue weighted by atomic mass is 32.2. The largest absolute Gasteiger partial charge is 0.491 e. The second kappa shape index (κ2) is 32.9. The van der Waals surface area contributed by atoms with Crippen LogP contribution in [0.3, 0.4) is 0 Å². The number of ketones is 2. The van der Waals surface area contributed by atoms with E-state index in [4.69, 9.17) is 38.4 Å². The van der Waals surface area contributed by atoms with Gasteiger partial charge in [-0.2, -0.15) is 0 Å². The number of fused-ring (bicyclic) bond motifs is 10. The maximum absolute atomic E-state index is 15.0. The summed E-state index contributed by atoms with van der Waals surface area (Å²) < 4.78 is 149. The first kappa shape index (κ1) is 87.5.